The molecule has 0 aromatic heterocycles. The van der Waals surface area contributed by atoms with Crippen LogP contribution in [0.2, 0.25) is 0 Å². The van der Waals surface area contributed by atoms with E-state index >= 15 is 0 Å². The molecule has 0 bridgehead atoms. The molecule has 1 fully saturated rings. The Labute approximate surface area is 190 Å². The molecule has 2 aromatic rings. The summed E-state index contributed by atoms with van der Waals surface area (Å²) in [7, 11) is -3.90. The molecule has 2 aromatic carbocycles. The summed E-state index contributed by atoms with van der Waals surface area (Å²) in [4.78, 5) is 14.8. The van der Waals surface area contributed by atoms with Gasteiger partial charge in [0.15, 0.2) is 0 Å². The molecule has 1 saturated heterocycles. The first-order chi connectivity index (χ1) is 15.4. The Morgan fingerprint density at radius 3 is 2.25 bits per heavy atom. The van der Waals surface area contributed by atoms with Crippen LogP contribution in [0, 0.1) is 11.7 Å². The Hall–Kier alpha value is -2.29. The summed E-state index contributed by atoms with van der Waals surface area (Å²) >= 11 is 0. The summed E-state index contributed by atoms with van der Waals surface area (Å²) in [5.74, 6) is -1.07. The lowest BCUT2D eigenvalue weighted by Gasteiger charge is -2.30. The summed E-state index contributed by atoms with van der Waals surface area (Å²) in [5.41, 5.74) is 2.29. The van der Waals surface area contributed by atoms with Crippen LogP contribution in [0.1, 0.15) is 37.8 Å². The van der Waals surface area contributed by atoms with Crippen molar-refractivity contribution in [3.8, 4) is 0 Å². The van der Waals surface area contributed by atoms with Crippen LogP contribution in [-0.2, 0) is 27.9 Å². The molecule has 0 aliphatic carbocycles. The fourth-order valence-corrected chi connectivity index (χ4v) is 5.59. The van der Waals surface area contributed by atoms with Gasteiger partial charge in [-0.25, -0.2) is 12.8 Å². The molecule has 1 amide bonds. The van der Waals surface area contributed by atoms with E-state index in [9.17, 15) is 17.6 Å². The van der Waals surface area contributed by atoms with Gasteiger partial charge in [-0.05, 0) is 49.2 Å². The fraction of sp³-hybridized carbons (Fsp3) is 0.458. The van der Waals surface area contributed by atoms with Crippen LogP contribution in [0.15, 0.2) is 53.4 Å². The van der Waals surface area contributed by atoms with Crippen molar-refractivity contribution >= 4 is 15.9 Å². The van der Waals surface area contributed by atoms with Gasteiger partial charge in [0.1, 0.15) is 10.7 Å². The highest BCUT2D eigenvalue weighted by atomic mass is 32.2. The molecule has 0 saturated carbocycles. The first-order valence-corrected chi connectivity index (χ1v) is 12.6. The van der Waals surface area contributed by atoms with E-state index in [-0.39, 0.29) is 29.8 Å². The lowest BCUT2D eigenvalue weighted by atomic mass is 9.97. The topological polar surface area (TPSA) is 69.7 Å². The van der Waals surface area contributed by atoms with Crippen LogP contribution >= 0.6 is 0 Å². The van der Waals surface area contributed by atoms with E-state index in [2.05, 4.69) is 30.1 Å². The van der Waals surface area contributed by atoms with E-state index in [1.807, 2.05) is 18.2 Å². The fourth-order valence-electron chi connectivity index (χ4n) is 4.05. The van der Waals surface area contributed by atoms with E-state index in [0.717, 1.165) is 31.3 Å². The molecule has 6 nitrogen and oxygen atoms in total. The van der Waals surface area contributed by atoms with Gasteiger partial charge in [-0.1, -0.05) is 50.2 Å². The molecule has 0 unspecified atom stereocenters. The molecule has 1 heterocycles. The minimum atomic E-state index is -3.90. The SMILES string of the molecule is CCN(CC)Cc1ccccc1CNC(=O)C1CCN(S(=O)(=O)c2ccccc2F)CC1. The lowest BCUT2D eigenvalue weighted by Crippen LogP contribution is -2.43. The second-order valence-electron chi connectivity index (χ2n) is 8.06. The predicted octanol–water partition coefficient (Wildman–Crippen LogP) is 3.38. The summed E-state index contributed by atoms with van der Waals surface area (Å²) in [6.45, 7) is 7.88. The molecular weight excluding hydrogens is 429 g/mol. The minimum Gasteiger partial charge on any atom is -0.352 e. The molecule has 8 heteroatoms. The summed E-state index contributed by atoms with van der Waals surface area (Å²) < 4.78 is 40.8. The van der Waals surface area contributed by atoms with Crippen molar-refractivity contribution < 1.29 is 17.6 Å². The molecule has 1 aliphatic rings. The molecule has 1 N–H and O–H groups in total. The Kier molecular flexibility index (Phi) is 8.39. The van der Waals surface area contributed by atoms with E-state index in [1.165, 1.54) is 28.1 Å². The normalized spacial score (nSPS) is 15.8. The third kappa shape index (κ3) is 5.74. The second kappa shape index (κ2) is 11.0. The molecule has 32 heavy (non-hydrogen) atoms. The van der Waals surface area contributed by atoms with Crippen molar-refractivity contribution in [3.63, 3.8) is 0 Å². The molecule has 0 atom stereocenters. The number of rotatable bonds is 9. The highest BCUT2D eigenvalue weighted by Gasteiger charge is 2.33. The van der Waals surface area contributed by atoms with Gasteiger partial charge in [0.05, 0.1) is 0 Å². The number of hydrogen-bond donors (Lipinski definition) is 1. The average Bonchev–Trinajstić information content (AvgIpc) is 2.81. The van der Waals surface area contributed by atoms with Crippen LogP contribution in [-0.4, -0.2) is 49.7 Å². The standard InChI is InChI=1S/C24H32FN3O3S/c1-3-27(4-2)18-21-10-6-5-9-20(21)17-26-24(29)19-13-15-28(16-14-19)32(30,31)23-12-8-7-11-22(23)25/h5-12,19H,3-4,13-18H2,1-2H3,(H,26,29). The molecule has 0 spiro atoms. The smallest absolute Gasteiger partial charge is 0.245 e. The number of carbonyl (C=O) groups is 1. The number of piperidine rings is 1. The van der Waals surface area contributed by atoms with Gasteiger partial charge >= 0.3 is 0 Å². The number of halogens is 1. The van der Waals surface area contributed by atoms with Crippen molar-refractivity contribution in [2.45, 2.75) is 44.7 Å². The molecule has 174 valence electrons. The van der Waals surface area contributed by atoms with E-state index < -0.39 is 15.8 Å². The van der Waals surface area contributed by atoms with Crippen molar-refractivity contribution in [3.05, 3.63) is 65.5 Å². The summed E-state index contributed by atoms with van der Waals surface area (Å²) in [6, 6.07) is 13.5. The predicted molar refractivity (Wildman–Crippen MR) is 123 cm³/mol. The number of amides is 1. The molecular formula is C24H32FN3O3S. The van der Waals surface area contributed by atoms with Gasteiger partial charge in [-0.15, -0.1) is 0 Å². The third-order valence-corrected chi connectivity index (χ3v) is 8.07. The first-order valence-electron chi connectivity index (χ1n) is 11.2. The zero-order chi connectivity index (χ0) is 23.1. The maximum absolute atomic E-state index is 14.0. The van der Waals surface area contributed by atoms with Gasteiger partial charge in [0.25, 0.3) is 0 Å². The van der Waals surface area contributed by atoms with Crippen molar-refractivity contribution in [2.24, 2.45) is 5.92 Å². The van der Waals surface area contributed by atoms with Crippen LogP contribution < -0.4 is 5.32 Å². The van der Waals surface area contributed by atoms with Crippen molar-refractivity contribution in [1.82, 2.24) is 14.5 Å². The first kappa shape index (κ1) is 24.4. The number of hydrogen-bond acceptors (Lipinski definition) is 4. The maximum Gasteiger partial charge on any atom is 0.245 e. The van der Waals surface area contributed by atoms with Crippen LogP contribution in [0.25, 0.3) is 0 Å². The van der Waals surface area contributed by atoms with Crippen LogP contribution in [0.4, 0.5) is 4.39 Å². The van der Waals surface area contributed by atoms with Crippen LogP contribution in [0.3, 0.4) is 0 Å². The van der Waals surface area contributed by atoms with E-state index in [0.29, 0.717) is 19.4 Å². The largest absolute Gasteiger partial charge is 0.352 e. The second-order valence-corrected chi connectivity index (χ2v) is 9.96. The van der Waals surface area contributed by atoms with E-state index in [1.54, 1.807) is 0 Å². The Balaban J connectivity index is 1.56. The molecule has 3 rings (SSSR count). The van der Waals surface area contributed by atoms with Crippen molar-refractivity contribution in [2.75, 3.05) is 26.2 Å². The minimum absolute atomic E-state index is 0.0643. The van der Waals surface area contributed by atoms with Crippen LogP contribution in [0.5, 0.6) is 0 Å². The zero-order valence-corrected chi connectivity index (χ0v) is 19.6. The third-order valence-electron chi connectivity index (χ3n) is 6.14. The molecule has 1 aliphatic heterocycles. The average molecular weight is 462 g/mol. The van der Waals surface area contributed by atoms with Gasteiger partial charge in [0.2, 0.25) is 15.9 Å². The van der Waals surface area contributed by atoms with E-state index in [4.69, 9.17) is 0 Å². The maximum atomic E-state index is 14.0. The lowest BCUT2D eigenvalue weighted by molar-refractivity contribution is -0.126. The number of nitrogens with one attached hydrogen (secondary N) is 1. The number of carbonyl (C=O) groups excluding carboxylic acids is 1. The highest BCUT2D eigenvalue weighted by molar-refractivity contribution is 7.89. The Morgan fingerprint density at radius 1 is 1.03 bits per heavy atom. The summed E-state index contributed by atoms with van der Waals surface area (Å²) in [5, 5.41) is 3.03. The Morgan fingerprint density at radius 2 is 1.62 bits per heavy atom. The van der Waals surface area contributed by atoms with Gasteiger partial charge in [0, 0.05) is 32.1 Å². The molecule has 0 radical (unpaired) electrons. The number of sulfonamides is 1. The highest BCUT2D eigenvalue weighted by Crippen LogP contribution is 2.25. The van der Waals surface area contributed by atoms with Gasteiger partial charge < -0.3 is 5.32 Å². The van der Waals surface area contributed by atoms with Crippen molar-refractivity contribution in [1.29, 1.82) is 0 Å². The van der Waals surface area contributed by atoms with Gasteiger partial charge in [-0.2, -0.15) is 4.31 Å². The number of nitrogens with zero attached hydrogens (tertiary/aromatic N) is 2. The quantitative estimate of drug-likeness (QED) is 0.622. The summed E-state index contributed by atoms with van der Waals surface area (Å²) in [6.07, 6.45) is 0.835. The Bertz CT molecular complexity index is 1020. The van der Waals surface area contributed by atoms with Gasteiger partial charge in [-0.3, -0.25) is 9.69 Å². The zero-order valence-electron chi connectivity index (χ0n) is 18.8. The monoisotopic (exact) mass is 461 g/mol. The number of benzene rings is 2.